The second kappa shape index (κ2) is 4.84. The fourth-order valence-corrected chi connectivity index (χ4v) is 2.05. The van der Waals surface area contributed by atoms with E-state index in [1.54, 1.807) is 29.8 Å². The fraction of sp³-hybridized carbons (Fsp3) is 0.300. The van der Waals surface area contributed by atoms with Crippen molar-refractivity contribution in [2.75, 3.05) is 5.32 Å². The summed E-state index contributed by atoms with van der Waals surface area (Å²) in [4.78, 5) is 12.5. The molecule has 1 N–H and O–H groups in total. The first-order valence-electron chi connectivity index (χ1n) is 4.83. The Balaban J connectivity index is 2.10. The van der Waals surface area contributed by atoms with Crippen LogP contribution in [0.5, 0.6) is 0 Å². The number of anilines is 1. The van der Waals surface area contributed by atoms with Crippen molar-refractivity contribution in [2.45, 2.75) is 19.4 Å². The van der Waals surface area contributed by atoms with Crippen LogP contribution in [0.2, 0.25) is 0 Å². The van der Waals surface area contributed by atoms with Gasteiger partial charge in [0.25, 0.3) is 0 Å². The first-order valence-corrected chi connectivity index (χ1v) is 5.71. The molecule has 1 atom stereocenters. The van der Waals surface area contributed by atoms with Crippen LogP contribution in [-0.2, 0) is 0 Å². The summed E-state index contributed by atoms with van der Waals surface area (Å²) in [6, 6.07) is 2.00. The Hall–Kier alpha value is -1.49. The van der Waals surface area contributed by atoms with Crippen LogP contribution in [0.4, 0.5) is 5.95 Å². The van der Waals surface area contributed by atoms with Crippen molar-refractivity contribution in [3.8, 4) is 0 Å². The predicted molar refractivity (Wildman–Crippen MR) is 60.8 cm³/mol. The number of nitrogens with zero attached hydrogens (tertiary/aromatic N) is 3. The molecule has 0 aliphatic carbocycles. The molecule has 0 spiro atoms. The van der Waals surface area contributed by atoms with Crippen molar-refractivity contribution in [3.63, 3.8) is 0 Å². The summed E-state index contributed by atoms with van der Waals surface area (Å²) in [5.74, 6) is 0.652. The zero-order valence-electron chi connectivity index (χ0n) is 8.42. The van der Waals surface area contributed by atoms with E-state index in [2.05, 4.69) is 27.2 Å². The normalized spacial score (nSPS) is 12.3. The number of thiazole rings is 1. The molecule has 2 aromatic heterocycles. The highest BCUT2D eigenvalue weighted by Crippen LogP contribution is 2.21. The van der Waals surface area contributed by atoms with Crippen molar-refractivity contribution in [2.24, 2.45) is 0 Å². The molecule has 1 unspecified atom stereocenters. The van der Waals surface area contributed by atoms with Crippen molar-refractivity contribution in [3.05, 3.63) is 35.0 Å². The monoisotopic (exact) mass is 220 g/mol. The minimum Gasteiger partial charge on any atom is -0.345 e. The zero-order chi connectivity index (χ0) is 10.5. The molecule has 0 amide bonds. The highest BCUT2D eigenvalue weighted by atomic mass is 32.1. The van der Waals surface area contributed by atoms with Crippen molar-refractivity contribution >= 4 is 17.3 Å². The van der Waals surface area contributed by atoms with Gasteiger partial charge in [-0.3, -0.25) is 0 Å². The van der Waals surface area contributed by atoms with E-state index in [1.807, 2.05) is 11.6 Å². The number of nitrogens with one attached hydrogen (secondary N) is 1. The van der Waals surface area contributed by atoms with Gasteiger partial charge in [0.15, 0.2) is 0 Å². The van der Waals surface area contributed by atoms with E-state index in [-0.39, 0.29) is 6.04 Å². The maximum atomic E-state index is 4.28. The fourth-order valence-electron chi connectivity index (χ4n) is 1.27. The predicted octanol–water partition coefficient (Wildman–Crippen LogP) is 2.50. The summed E-state index contributed by atoms with van der Waals surface area (Å²) in [5, 5.41) is 6.31. The summed E-state index contributed by atoms with van der Waals surface area (Å²) in [6.45, 7) is 2.11. The average molecular weight is 220 g/mol. The van der Waals surface area contributed by atoms with Gasteiger partial charge in [-0.15, -0.1) is 11.3 Å². The Bertz CT molecular complexity index is 387. The van der Waals surface area contributed by atoms with Crippen LogP contribution in [0, 0.1) is 0 Å². The molecule has 5 heteroatoms. The number of aromatic nitrogens is 3. The Kier molecular flexibility index (Phi) is 3.24. The molecule has 78 valence electrons. The van der Waals surface area contributed by atoms with E-state index in [4.69, 9.17) is 0 Å². The van der Waals surface area contributed by atoms with Crippen LogP contribution in [0.3, 0.4) is 0 Å². The summed E-state index contributed by atoms with van der Waals surface area (Å²) >= 11 is 1.65. The lowest BCUT2D eigenvalue weighted by Crippen LogP contribution is -2.11. The number of hydrogen-bond acceptors (Lipinski definition) is 5. The van der Waals surface area contributed by atoms with E-state index in [9.17, 15) is 0 Å². The van der Waals surface area contributed by atoms with Gasteiger partial charge in [-0.05, 0) is 12.5 Å². The molecule has 0 aliphatic rings. The lowest BCUT2D eigenvalue weighted by molar-refractivity contribution is 0.731. The minimum absolute atomic E-state index is 0.201. The number of hydrogen-bond donors (Lipinski definition) is 1. The molecule has 15 heavy (non-hydrogen) atoms. The van der Waals surface area contributed by atoms with E-state index in [1.165, 1.54) is 0 Å². The van der Waals surface area contributed by atoms with Crippen molar-refractivity contribution in [1.29, 1.82) is 0 Å². The molecule has 2 aromatic rings. The standard InChI is InChI=1S/C10H12N4S/c1-2-8(9-11-6-7-15-9)14-10-12-4-3-5-13-10/h3-8H,2H2,1H3,(H,12,13,14). The third-order valence-electron chi connectivity index (χ3n) is 2.03. The summed E-state index contributed by atoms with van der Waals surface area (Å²) < 4.78 is 0. The van der Waals surface area contributed by atoms with Crippen molar-refractivity contribution in [1.82, 2.24) is 15.0 Å². The Morgan fingerprint density at radius 2 is 2.07 bits per heavy atom. The molecule has 2 rings (SSSR count). The quantitative estimate of drug-likeness (QED) is 0.860. The maximum absolute atomic E-state index is 4.28. The summed E-state index contributed by atoms with van der Waals surface area (Å²) in [6.07, 6.45) is 6.23. The minimum atomic E-state index is 0.201. The molecule has 0 saturated carbocycles. The van der Waals surface area contributed by atoms with Crippen molar-refractivity contribution < 1.29 is 0 Å². The Labute approximate surface area is 92.4 Å². The SMILES string of the molecule is CCC(Nc1ncccn1)c1nccs1. The van der Waals surface area contributed by atoms with Crippen LogP contribution in [-0.4, -0.2) is 15.0 Å². The first-order chi connectivity index (χ1) is 7.40. The maximum Gasteiger partial charge on any atom is 0.223 e. The second-order valence-corrected chi connectivity index (χ2v) is 3.97. The molecule has 0 saturated heterocycles. The van der Waals surface area contributed by atoms with Gasteiger partial charge in [0, 0.05) is 24.0 Å². The van der Waals surface area contributed by atoms with Gasteiger partial charge in [-0.25, -0.2) is 15.0 Å². The third-order valence-corrected chi connectivity index (χ3v) is 2.92. The summed E-state index contributed by atoms with van der Waals surface area (Å²) in [5.41, 5.74) is 0. The van der Waals surface area contributed by atoms with Crippen LogP contribution in [0.1, 0.15) is 24.4 Å². The highest BCUT2D eigenvalue weighted by Gasteiger charge is 2.12. The summed E-state index contributed by atoms with van der Waals surface area (Å²) in [7, 11) is 0. The van der Waals surface area contributed by atoms with E-state index < -0.39 is 0 Å². The third kappa shape index (κ3) is 2.50. The van der Waals surface area contributed by atoms with Gasteiger partial charge in [0.2, 0.25) is 5.95 Å². The van der Waals surface area contributed by atoms with Gasteiger partial charge < -0.3 is 5.32 Å². The van der Waals surface area contributed by atoms with Gasteiger partial charge in [-0.2, -0.15) is 0 Å². The lowest BCUT2D eigenvalue weighted by Gasteiger charge is -2.13. The van der Waals surface area contributed by atoms with Gasteiger partial charge in [0.1, 0.15) is 5.01 Å². The largest absolute Gasteiger partial charge is 0.345 e. The van der Waals surface area contributed by atoms with Crippen LogP contribution < -0.4 is 5.32 Å². The van der Waals surface area contributed by atoms with Crippen LogP contribution >= 0.6 is 11.3 Å². The molecule has 0 aromatic carbocycles. The molecule has 0 bridgehead atoms. The van der Waals surface area contributed by atoms with E-state index in [0.29, 0.717) is 5.95 Å². The van der Waals surface area contributed by atoms with E-state index in [0.717, 1.165) is 11.4 Å². The Morgan fingerprint density at radius 3 is 2.67 bits per heavy atom. The number of rotatable bonds is 4. The topological polar surface area (TPSA) is 50.7 Å². The highest BCUT2D eigenvalue weighted by molar-refractivity contribution is 7.09. The second-order valence-electron chi connectivity index (χ2n) is 3.05. The molecule has 0 fully saturated rings. The molecular formula is C10H12N4S. The van der Waals surface area contributed by atoms with Crippen LogP contribution in [0.25, 0.3) is 0 Å². The molecule has 2 heterocycles. The van der Waals surface area contributed by atoms with Crippen LogP contribution in [0.15, 0.2) is 30.0 Å². The molecule has 0 radical (unpaired) electrons. The Morgan fingerprint density at radius 1 is 1.27 bits per heavy atom. The average Bonchev–Trinajstić information content (AvgIpc) is 2.81. The smallest absolute Gasteiger partial charge is 0.223 e. The van der Waals surface area contributed by atoms with Gasteiger partial charge in [-0.1, -0.05) is 6.92 Å². The van der Waals surface area contributed by atoms with Gasteiger partial charge in [0.05, 0.1) is 6.04 Å². The van der Waals surface area contributed by atoms with E-state index >= 15 is 0 Å². The lowest BCUT2D eigenvalue weighted by atomic mass is 10.2. The zero-order valence-corrected chi connectivity index (χ0v) is 9.24. The molecule has 4 nitrogen and oxygen atoms in total. The molecular weight excluding hydrogens is 208 g/mol. The molecule has 0 aliphatic heterocycles. The van der Waals surface area contributed by atoms with Gasteiger partial charge >= 0.3 is 0 Å². The first kappa shape index (κ1) is 10.0.